The van der Waals surface area contributed by atoms with E-state index in [1.54, 1.807) is 36.5 Å². The highest BCUT2D eigenvalue weighted by Crippen LogP contribution is 2.32. The Kier molecular flexibility index (Phi) is 2.99. The van der Waals surface area contributed by atoms with Crippen LogP contribution >= 0.6 is 22.9 Å². The molecule has 3 heterocycles. The normalized spacial score (nSPS) is 14.0. The van der Waals surface area contributed by atoms with Crippen LogP contribution in [0.25, 0.3) is 10.2 Å². The highest BCUT2D eigenvalue weighted by molar-refractivity contribution is 7.19. The second-order valence-corrected chi connectivity index (χ2v) is 6.51. The van der Waals surface area contributed by atoms with Crippen molar-refractivity contribution in [3.8, 4) is 0 Å². The van der Waals surface area contributed by atoms with Crippen LogP contribution in [0, 0.1) is 0 Å². The fourth-order valence-electron chi connectivity index (χ4n) is 2.57. The molecule has 4 nitrogen and oxygen atoms in total. The second-order valence-electron chi connectivity index (χ2n) is 4.96. The molecule has 0 atom stereocenters. The number of carbonyl (C=O) groups is 2. The van der Waals surface area contributed by atoms with Crippen LogP contribution in [0.2, 0.25) is 5.02 Å². The van der Waals surface area contributed by atoms with Gasteiger partial charge in [0, 0.05) is 11.1 Å². The number of benzene rings is 1. The van der Waals surface area contributed by atoms with E-state index < -0.39 is 0 Å². The number of carbonyl (C=O) groups excluding carboxylic acids is 2. The van der Waals surface area contributed by atoms with Crippen molar-refractivity contribution in [2.24, 2.45) is 0 Å². The molecule has 0 radical (unpaired) electrons. The Morgan fingerprint density at radius 3 is 2.41 bits per heavy atom. The second kappa shape index (κ2) is 4.90. The number of fused-ring (bicyclic) bond motifs is 2. The number of amides is 2. The van der Waals surface area contributed by atoms with Gasteiger partial charge in [-0.15, -0.1) is 11.3 Å². The predicted molar refractivity (Wildman–Crippen MR) is 85.3 cm³/mol. The van der Waals surface area contributed by atoms with Crippen molar-refractivity contribution < 1.29 is 9.59 Å². The van der Waals surface area contributed by atoms with E-state index in [9.17, 15) is 9.59 Å². The third-order valence-corrected chi connectivity index (χ3v) is 5.18. The summed E-state index contributed by atoms with van der Waals surface area (Å²) < 4.78 is 0.871. The molecule has 2 aromatic heterocycles. The van der Waals surface area contributed by atoms with Crippen LogP contribution in [0.15, 0.2) is 42.6 Å². The number of nitrogens with zero attached hydrogens (tertiary/aromatic N) is 2. The fourth-order valence-corrected chi connectivity index (χ4v) is 3.85. The minimum Gasteiger partial charge on any atom is -0.269 e. The van der Waals surface area contributed by atoms with Crippen molar-refractivity contribution in [1.29, 1.82) is 0 Å². The molecule has 0 fully saturated rings. The zero-order valence-corrected chi connectivity index (χ0v) is 12.8. The molecule has 1 aromatic carbocycles. The largest absolute Gasteiger partial charge is 0.269 e. The van der Waals surface area contributed by atoms with Gasteiger partial charge in [0.05, 0.1) is 32.9 Å². The number of hydrogen-bond donors (Lipinski definition) is 0. The van der Waals surface area contributed by atoms with Gasteiger partial charge in [-0.2, -0.15) is 0 Å². The highest BCUT2D eigenvalue weighted by atomic mass is 35.5. The van der Waals surface area contributed by atoms with Crippen molar-refractivity contribution >= 4 is 45.0 Å². The molecule has 108 valence electrons. The van der Waals surface area contributed by atoms with Crippen LogP contribution in [0.3, 0.4) is 0 Å². The van der Waals surface area contributed by atoms with E-state index in [1.807, 2.05) is 6.07 Å². The summed E-state index contributed by atoms with van der Waals surface area (Å²) in [5, 5.41) is 0.628. The van der Waals surface area contributed by atoms with Crippen molar-refractivity contribution in [2.45, 2.75) is 6.54 Å². The molecule has 3 aromatic rings. The van der Waals surface area contributed by atoms with E-state index in [0.717, 1.165) is 15.1 Å². The summed E-state index contributed by atoms with van der Waals surface area (Å²) in [6, 6.07) is 10.5. The van der Waals surface area contributed by atoms with E-state index >= 15 is 0 Å². The molecule has 0 bridgehead atoms. The summed E-state index contributed by atoms with van der Waals surface area (Å²) >= 11 is 7.59. The summed E-state index contributed by atoms with van der Waals surface area (Å²) in [7, 11) is 0. The Morgan fingerprint density at radius 2 is 1.77 bits per heavy atom. The maximum atomic E-state index is 12.4. The summed E-state index contributed by atoms with van der Waals surface area (Å²) in [4.78, 5) is 31.1. The smallest absolute Gasteiger partial charge is 0.261 e. The molecule has 1 aliphatic heterocycles. The fraction of sp³-hybridized carbons (Fsp3) is 0.0625. The summed E-state index contributed by atoms with van der Waals surface area (Å²) in [6.45, 7) is 0.240. The lowest BCUT2D eigenvalue weighted by molar-refractivity contribution is 0.0644. The van der Waals surface area contributed by atoms with Gasteiger partial charge >= 0.3 is 0 Å². The SMILES string of the molecule is O=C1c2ccccc2C(=O)N1Cc1cc2nccc(Cl)c2s1. The van der Waals surface area contributed by atoms with Crippen LogP contribution in [0.1, 0.15) is 25.6 Å². The van der Waals surface area contributed by atoms with Crippen molar-refractivity contribution in [3.63, 3.8) is 0 Å². The number of imide groups is 1. The number of hydrogen-bond acceptors (Lipinski definition) is 4. The quantitative estimate of drug-likeness (QED) is 0.673. The Bertz CT molecular complexity index is 900. The standard InChI is InChI=1S/C16H9ClN2O2S/c17-12-5-6-18-13-7-9(22-14(12)13)8-19-15(20)10-3-1-2-4-11(10)16(19)21/h1-7H,8H2. The van der Waals surface area contributed by atoms with Crippen molar-refractivity contribution in [1.82, 2.24) is 9.88 Å². The molecule has 22 heavy (non-hydrogen) atoms. The molecule has 0 unspecified atom stereocenters. The summed E-state index contributed by atoms with van der Waals surface area (Å²) in [5.74, 6) is -0.505. The minimum absolute atomic E-state index is 0.240. The first-order chi connectivity index (χ1) is 10.6. The van der Waals surface area contributed by atoms with Crippen LogP contribution < -0.4 is 0 Å². The summed E-state index contributed by atoms with van der Waals surface area (Å²) in [6.07, 6.45) is 1.64. The number of thiophene rings is 1. The maximum Gasteiger partial charge on any atom is 0.261 e. The van der Waals surface area contributed by atoms with E-state index in [-0.39, 0.29) is 18.4 Å². The minimum atomic E-state index is -0.253. The molecular weight excluding hydrogens is 320 g/mol. The third-order valence-electron chi connectivity index (χ3n) is 3.61. The van der Waals surface area contributed by atoms with Gasteiger partial charge in [-0.25, -0.2) is 0 Å². The third kappa shape index (κ3) is 1.94. The predicted octanol–water partition coefficient (Wildman–Crippen LogP) is 3.75. The number of rotatable bonds is 2. The van der Waals surface area contributed by atoms with Gasteiger partial charge < -0.3 is 0 Å². The van der Waals surface area contributed by atoms with Gasteiger partial charge in [0.15, 0.2) is 0 Å². The first kappa shape index (κ1) is 13.4. The first-order valence-electron chi connectivity index (χ1n) is 6.63. The Balaban J connectivity index is 1.70. The average molecular weight is 329 g/mol. The molecule has 0 saturated heterocycles. The lowest BCUT2D eigenvalue weighted by Crippen LogP contribution is -2.28. The van der Waals surface area contributed by atoms with Gasteiger partial charge in [-0.1, -0.05) is 23.7 Å². The molecule has 0 N–H and O–H groups in total. The van der Waals surface area contributed by atoms with Crippen molar-refractivity contribution in [2.75, 3.05) is 0 Å². The lowest BCUT2D eigenvalue weighted by atomic mass is 10.1. The number of halogens is 1. The van der Waals surface area contributed by atoms with E-state index in [2.05, 4.69) is 4.98 Å². The molecule has 0 saturated carbocycles. The van der Waals surface area contributed by atoms with Crippen LogP contribution in [-0.2, 0) is 6.54 Å². The molecule has 1 aliphatic rings. The number of pyridine rings is 1. The zero-order chi connectivity index (χ0) is 15.3. The van der Waals surface area contributed by atoms with E-state index in [1.165, 1.54) is 16.2 Å². The molecule has 0 aliphatic carbocycles. The Labute approximate surface area is 135 Å². The van der Waals surface area contributed by atoms with Crippen LogP contribution in [0.5, 0.6) is 0 Å². The van der Waals surface area contributed by atoms with Gasteiger partial charge in [-0.3, -0.25) is 19.5 Å². The number of aromatic nitrogens is 1. The summed E-state index contributed by atoms with van der Waals surface area (Å²) in [5.41, 5.74) is 1.71. The average Bonchev–Trinajstić information content (AvgIpc) is 3.04. The lowest BCUT2D eigenvalue weighted by Gasteiger charge is -2.11. The van der Waals surface area contributed by atoms with Gasteiger partial charge in [-0.05, 0) is 24.3 Å². The van der Waals surface area contributed by atoms with Gasteiger partial charge in [0.1, 0.15) is 0 Å². The van der Waals surface area contributed by atoms with Crippen LogP contribution in [0.4, 0.5) is 0 Å². The molecular formula is C16H9ClN2O2S. The van der Waals surface area contributed by atoms with E-state index in [4.69, 9.17) is 11.6 Å². The van der Waals surface area contributed by atoms with E-state index in [0.29, 0.717) is 16.1 Å². The molecule has 2 amide bonds. The Morgan fingerprint density at radius 1 is 1.09 bits per heavy atom. The monoisotopic (exact) mass is 328 g/mol. The molecule has 6 heteroatoms. The Hall–Kier alpha value is -2.24. The maximum absolute atomic E-state index is 12.4. The topological polar surface area (TPSA) is 50.3 Å². The molecule has 4 rings (SSSR count). The molecule has 0 spiro atoms. The van der Waals surface area contributed by atoms with Gasteiger partial charge in [0.25, 0.3) is 11.8 Å². The zero-order valence-electron chi connectivity index (χ0n) is 11.2. The first-order valence-corrected chi connectivity index (χ1v) is 7.83. The van der Waals surface area contributed by atoms with Crippen molar-refractivity contribution in [3.05, 3.63) is 63.6 Å². The van der Waals surface area contributed by atoms with Crippen LogP contribution in [-0.4, -0.2) is 21.7 Å². The highest BCUT2D eigenvalue weighted by Gasteiger charge is 2.35. The van der Waals surface area contributed by atoms with Gasteiger partial charge in [0.2, 0.25) is 0 Å².